The Labute approximate surface area is 121 Å². The molecular weight excluding hydrogens is 250 g/mol. The van der Waals surface area contributed by atoms with E-state index < -0.39 is 0 Å². The fourth-order valence-corrected chi connectivity index (χ4v) is 2.98. The molecule has 3 rings (SSSR count). The van der Waals surface area contributed by atoms with Gasteiger partial charge in [0.05, 0.1) is 13.2 Å². The van der Waals surface area contributed by atoms with E-state index in [0.29, 0.717) is 6.04 Å². The molecule has 0 aromatic heterocycles. The van der Waals surface area contributed by atoms with Crippen molar-refractivity contribution in [3.05, 3.63) is 24.3 Å². The van der Waals surface area contributed by atoms with E-state index in [4.69, 9.17) is 4.74 Å². The van der Waals surface area contributed by atoms with Gasteiger partial charge < -0.3 is 19.4 Å². The Hall–Kier alpha value is -1.26. The highest BCUT2D eigenvalue weighted by atomic mass is 16.5. The van der Waals surface area contributed by atoms with E-state index in [1.807, 2.05) is 0 Å². The number of nitrogens with zero attached hydrogens (tertiary/aromatic N) is 3. The van der Waals surface area contributed by atoms with Gasteiger partial charge in [-0.2, -0.15) is 0 Å². The molecule has 0 saturated carbocycles. The molecular formula is C16H25N3O. The molecule has 110 valence electrons. The maximum atomic E-state index is 5.41. The van der Waals surface area contributed by atoms with Crippen LogP contribution in [0.1, 0.15) is 6.92 Å². The lowest BCUT2D eigenvalue weighted by atomic mass is 10.1. The summed E-state index contributed by atoms with van der Waals surface area (Å²) in [5, 5.41) is 0. The lowest BCUT2D eigenvalue weighted by Gasteiger charge is -2.39. The highest BCUT2D eigenvalue weighted by Gasteiger charge is 2.21. The van der Waals surface area contributed by atoms with Crippen molar-refractivity contribution in [2.45, 2.75) is 13.0 Å². The number of morpholine rings is 1. The Balaban J connectivity index is 1.66. The monoisotopic (exact) mass is 275 g/mol. The first-order valence-electron chi connectivity index (χ1n) is 7.62. The van der Waals surface area contributed by atoms with Gasteiger partial charge in [0, 0.05) is 50.1 Å². The zero-order valence-corrected chi connectivity index (χ0v) is 12.6. The van der Waals surface area contributed by atoms with Crippen LogP contribution in [0.2, 0.25) is 0 Å². The quantitative estimate of drug-likeness (QED) is 0.817. The topological polar surface area (TPSA) is 19.0 Å². The Morgan fingerprint density at radius 2 is 1.50 bits per heavy atom. The molecule has 2 fully saturated rings. The summed E-state index contributed by atoms with van der Waals surface area (Å²) in [5.74, 6) is 0. The lowest BCUT2D eigenvalue weighted by molar-refractivity contribution is 0.122. The maximum Gasteiger partial charge on any atom is 0.0642 e. The van der Waals surface area contributed by atoms with E-state index >= 15 is 0 Å². The summed E-state index contributed by atoms with van der Waals surface area (Å²) in [7, 11) is 2.21. The molecule has 0 bridgehead atoms. The van der Waals surface area contributed by atoms with Crippen molar-refractivity contribution >= 4 is 11.4 Å². The van der Waals surface area contributed by atoms with Crippen molar-refractivity contribution in [3.63, 3.8) is 0 Å². The number of benzene rings is 1. The first-order valence-corrected chi connectivity index (χ1v) is 7.62. The Bertz CT molecular complexity index is 428. The molecule has 2 heterocycles. The Kier molecular flexibility index (Phi) is 4.13. The van der Waals surface area contributed by atoms with Gasteiger partial charge in [-0.25, -0.2) is 0 Å². The highest BCUT2D eigenvalue weighted by molar-refractivity contribution is 5.56. The van der Waals surface area contributed by atoms with Crippen LogP contribution in [0.25, 0.3) is 0 Å². The average Bonchev–Trinajstić information content (AvgIpc) is 2.51. The number of likely N-dealkylation sites (N-methyl/N-ethyl adjacent to an activating group) is 1. The molecule has 2 saturated heterocycles. The summed E-state index contributed by atoms with van der Waals surface area (Å²) >= 11 is 0. The summed E-state index contributed by atoms with van der Waals surface area (Å²) in [5.41, 5.74) is 2.67. The number of ether oxygens (including phenoxy) is 1. The molecule has 1 atom stereocenters. The molecule has 2 aliphatic rings. The van der Waals surface area contributed by atoms with Crippen LogP contribution in [-0.2, 0) is 4.74 Å². The summed E-state index contributed by atoms with van der Waals surface area (Å²) in [6, 6.07) is 9.67. The molecule has 2 aliphatic heterocycles. The van der Waals surface area contributed by atoms with Gasteiger partial charge in [0.25, 0.3) is 0 Å². The van der Waals surface area contributed by atoms with Crippen LogP contribution in [0.4, 0.5) is 11.4 Å². The third-order valence-corrected chi connectivity index (χ3v) is 4.55. The molecule has 0 radical (unpaired) electrons. The van der Waals surface area contributed by atoms with E-state index in [1.165, 1.54) is 11.4 Å². The van der Waals surface area contributed by atoms with Gasteiger partial charge in [-0.05, 0) is 38.2 Å². The third-order valence-electron chi connectivity index (χ3n) is 4.55. The van der Waals surface area contributed by atoms with E-state index in [9.17, 15) is 0 Å². The SMILES string of the molecule is C[C@H]1CN(c2ccc(N3CCOCC3)cc2)CCN1C. The minimum absolute atomic E-state index is 0.627. The van der Waals surface area contributed by atoms with Crippen LogP contribution in [0.15, 0.2) is 24.3 Å². The van der Waals surface area contributed by atoms with Crippen LogP contribution in [0.5, 0.6) is 0 Å². The van der Waals surface area contributed by atoms with Crippen molar-refractivity contribution in [2.75, 3.05) is 62.8 Å². The fraction of sp³-hybridized carbons (Fsp3) is 0.625. The highest BCUT2D eigenvalue weighted by Crippen LogP contribution is 2.23. The zero-order chi connectivity index (χ0) is 13.9. The molecule has 1 aromatic carbocycles. The van der Waals surface area contributed by atoms with Crippen molar-refractivity contribution in [1.29, 1.82) is 0 Å². The number of hydrogen-bond acceptors (Lipinski definition) is 4. The summed E-state index contributed by atoms with van der Waals surface area (Å²) < 4.78 is 5.41. The van der Waals surface area contributed by atoms with Crippen molar-refractivity contribution < 1.29 is 4.74 Å². The number of rotatable bonds is 2. The number of hydrogen-bond donors (Lipinski definition) is 0. The van der Waals surface area contributed by atoms with Crippen molar-refractivity contribution in [2.24, 2.45) is 0 Å². The normalized spacial score (nSPS) is 25.0. The van der Waals surface area contributed by atoms with Gasteiger partial charge in [0.15, 0.2) is 0 Å². The fourth-order valence-electron chi connectivity index (χ4n) is 2.98. The van der Waals surface area contributed by atoms with Gasteiger partial charge in [0.2, 0.25) is 0 Å². The first kappa shape index (κ1) is 13.7. The van der Waals surface area contributed by atoms with E-state index in [-0.39, 0.29) is 0 Å². The van der Waals surface area contributed by atoms with Gasteiger partial charge in [0.1, 0.15) is 0 Å². The number of anilines is 2. The smallest absolute Gasteiger partial charge is 0.0642 e. The standard InChI is InChI=1S/C16H25N3O/c1-14-13-19(8-7-17(14)2)16-5-3-15(4-6-16)18-9-11-20-12-10-18/h3-6,14H,7-13H2,1-2H3/t14-/m0/s1. The minimum Gasteiger partial charge on any atom is -0.378 e. The predicted molar refractivity (Wildman–Crippen MR) is 83.8 cm³/mol. The van der Waals surface area contributed by atoms with Gasteiger partial charge in [-0.3, -0.25) is 0 Å². The van der Waals surface area contributed by atoms with Crippen LogP contribution in [0.3, 0.4) is 0 Å². The Morgan fingerprint density at radius 3 is 2.10 bits per heavy atom. The zero-order valence-electron chi connectivity index (χ0n) is 12.6. The van der Waals surface area contributed by atoms with Crippen molar-refractivity contribution in [3.8, 4) is 0 Å². The maximum absolute atomic E-state index is 5.41. The van der Waals surface area contributed by atoms with Gasteiger partial charge >= 0.3 is 0 Å². The largest absolute Gasteiger partial charge is 0.378 e. The summed E-state index contributed by atoms with van der Waals surface area (Å²) in [4.78, 5) is 7.33. The second-order valence-electron chi connectivity index (χ2n) is 5.89. The first-order chi connectivity index (χ1) is 9.74. The molecule has 4 nitrogen and oxygen atoms in total. The van der Waals surface area contributed by atoms with E-state index in [0.717, 1.165) is 45.9 Å². The summed E-state index contributed by atoms with van der Waals surface area (Å²) in [6.45, 7) is 9.39. The number of piperazine rings is 1. The molecule has 0 N–H and O–H groups in total. The molecule has 0 unspecified atom stereocenters. The average molecular weight is 275 g/mol. The second-order valence-corrected chi connectivity index (χ2v) is 5.89. The molecule has 20 heavy (non-hydrogen) atoms. The summed E-state index contributed by atoms with van der Waals surface area (Å²) in [6.07, 6.45) is 0. The predicted octanol–water partition coefficient (Wildman–Crippen LogP) is 1.66. The van der Waals surface area contributed by atoms with Crippen LogP contribution in [0, 0.1) is 0 Å². The molecule has 4 heteroatoms. The van der Waals surface area contributed by atoms with Crippen molar-refractivity contribution in [1.82, 2.24) is 4.90 Å². The minimum atomic E-state index is 0.627. The lowest BCUT2D eigenvalue weighted by Crippen LogP contribution is -2.50. The van der Waals surface area contributed by atoms with Crippen LogP contribution in [-0.4, -0.2) is 63.9 Å². The van der Waals surface area contributed by atoms with E-state index in [2.05, 4.69) is 52.9 Å². The molecule has 0 amide bonds. The second kappa shape index (κ2) is 6.02. The van der Waals surface area contributed by atoms with Crippen LogP contribution >= 0.6 is 0 Å². The molecule has 0 spiro atoms. The molecule has 0 aliphatic carbocycles. The van der Waals surface area contributed by atoms with Gasteiger partial charge in [-0.15, -0.1) is 0 Å². The Morgan fingerprint density at radius 1 is 0.900 bits per heavy atom. The molecule has 1 aromatic rings. The third kappa shape index (κ3) is 2.91. The van der Waals surface area contributed by atoms with Gasteiger partial charge in [-0.1, -0.05) is 0 Å². The van der Waals surface area contributed by atoms with E-state index in [1.54, 1.807) is 0 Å². The van der Waals surface area contributed by atoms with Crippen LogP contribution < -0.4 is 9.80 Å².